The molecule has 3 aromatic rings. The first-order chi connectivity index (χ1) is 19.4. The van der Waals surface area contributed by atoms with Gasteiger partial charge in [-0.3, -0.25) is 29.1 Å². The number of aromatic amines is 1. The average molecular weight is 545 g/mol. The third-order valence-corrected chi connectivity index (χ3v) is 7.64. The van der Waals surface area contributed by atoms with Crippen LogP contribution >= 0.6 is 0 Å². The second-order valence-electron chi connectivity index (χ2n) is 10.2. The average Bonchev–Trinajstić information content (AvgIpc) is 3.61. The van der Waals surface area contributed by atoms with Gasteiger partial charge >= 0.3 is 0 Å². The Labute approximate surface area is 231 Å². The molecule has 0 bridgehead atoms. The Bertz CT molecular complexity index is 1390. The standard InChI is InChI=1S/C28H32N8O4/c1-3-16(2)23(33-25(37)19-8-5-11-29-13-19)27(39)32-21-10-9-17-6-4-7-18-12-22(36(24(17)18)28(21)40)26(38)30-14-20-15-31-35-34-20/h4-8,11,13,15-16,21-23H,3,9-10,12,14H2,1-2H3,(H,30,38)(H,32,39)(H,33,37)(H,31,34,35)/t16-,21-,22-,23-/m0/s1. The molecule has 0 radical (unpaired) electrons. The summed E-state index contributed by atoms with van der Waals surface area (Å²) in [5.74, 6) is -1.71. The van der Waals surface area contributed by atoms with Gasteiger partial charge in [-0.1, -0.05) is 38.5 Å². The minimum Gasteiger partial charge on any atom is -0.348 e. The van der Waals surface area contributed by atoms with Crippen LogP contribution in [0.2, 0.25) is 0 Å². The molecule has 0 unspecified atom stereocenters. The summed E-state index contributed by atoms with van der Waals surface area (Å²) in [7, 11) is 0. The molecule has 0 aliphatic carbocycles. The summed E-state index contributed by atoms with van der Waals surface area (Å²) in [5.41, 5.74) is 3.53. The Hall–Kier alpha value is -4.61. The molecule has 4 heterocycles. The van der Waals surface area contributed by atoms with Gasteiger partial charge in [-0.05, 0) is 42.0 Å². The Balaban J connectivity index is 1.35. The smallest absolute Gasteiger partial charge is 0.253 e. The van der Waals surface area contributed by atoms with Crippen molar-refractivity contribution in [3.63, 3.8) is 0 Å². The number of H-pyrrole nitrogens is 1. The summed E-state index contributed by atoms with van der Waals surface area (Å²) >= 11 is 0. The van der Waals surface area contributed by atoms with Crippen molar-refractivity contribution in [2.45, 2.75) is 64.2 Å². The van der Waals surface area contributed by atoms with Crippen LogP contribution in [0.1, 0.15) is 53.9 Å². The lowest BCUT2D eigenvalue weighted by molar-refractivity contribution is -0.130. The van der Waals surface area contributed by atoms with Gasteiger partial charge in [0.15, 0.2) is 0 Å². The number of hydrogen-bond donors (Lipinski definition) is 4. The molecule has 12 heteroatoms. The fourth-order valence-electron chi connectivity index (χ4n) is 5.27. The number of aromatic nitrogens is 4. The van der Waals surface area contributed by atoms with Gasteiger partial charge in [0.2, 0.25) is 17.7 Å². The highest BCUT2D eigenvalue weighted by atomic mass is 16.2. The maximum absolute atomic E-state index is 14.0. The van der Waals surface area contributed by atoms with E-state index >= 15 is 0 Å². The van der Waals surface area contributed by atoms with Crippen molar-refractivity contribution in [1.29, 1.82) is 0 Å². The predicted octanol–water partition coefficient (Wildman–Crippen LogP) is 1.05. The summed E-state index contributed by atoms with van der Waals surface area (Å²) in [5, 5.41) is 18.8. The third kappa shape index (κ3) is 5.42. The zero-order chi connectivity index (χ0) is 28.2. The van der Waals surface area contributed by atoms with E-state index in [1.54, 1.807) is 18.3 Å². The topological polar surface area (TPSA) is 162 Å². The van der Waals surface area contributed by atoms with E-state index in [9.17, 15) is 19.2 Å². The lowest BCUT2D eigenvalue weighted by Crippen LogP contribution is -2.58. The lowest BCUT2D eigenvalue weighted by atomic mass is 9.96. The second kappa shape index (κ2) is 11.6. The van der Waals surface area contributed by atoms with Crippen LogP contribution in [-0.2, 0) is 33.8 Å². The number of benzene rings is 1. The van der Waals surface area contributed by atoms with Crippen LogP contribution in [0.15, 0.2) is 48.9 Å². The lowest BCUT2D eigenvalue weighted by Gasteiger charge is -2.29. The van der Waals surface area contributed by atoms with E-state index in [0.29, 0.717) is 36.9 Å². The molecule has 1 aromatic carbocycles. The molecule has 4 atom stereocenters. The monoisotopic (exact) mass is 544 g/mol. The predicted molar refractivity (Wildman–Crippen MR) is 145 cm³/mol. The number of rotatable bonds is 9. The highest BCUT2D eigenvalue weighted by molar-refractivity contribution is 6.08. The Morgan fingerprint density at radius 2 is 1.98 bits per heavy atom. The molecule has 208 valence electrons. The summed E-state index contributed by atoms with van der Waals surface area (Å²) in [6.07, 6.45) is 6.46. The molecular weight excluding hydrogens is 512 g/mol. The second-order valence-corrected chi connectivity index (χ2v) is 10.2. The number of para-hydroxylation sites is 1. The Morgan fingerprint density at radius 1 is 1.15 bits per heavy atom. The molecule has 2 aliphatic rings. The fourth-order valence-corrected chi connectivity index (χ4v) is 5.27. The largest absolute Gasteiger partial charge is 0.348 e. The molecule has 4 N–H and O–H groups in total. The summed E-state index contributed by atoms with van der Waals surface area (Å²) in [6.45, 7) is 3.98. The number of hydrogen-bond acceptors (Lipinski definition) is 7. The zero-order valence-corrected chi connectivity index (χ0v) is 22.4. The van der Waals surface area contributed by atoms with Crippen LogP contribution in [-0.4, -0.2) is 62.1 Å². The van der Waals surface area contributed by atoms with Crippen molar-refractivity contribution < 1.29 is 19.2 Å². The molecule has 2 aliphatic heterocycles. The number of aryl methyl sites for hydroxylation is 1. The van der Waals surface area contributed by atoms with Crippen molar-refractivity contribution >= 4 is 29.3 Å². The van der Waals surface area contributed by atoms with Crippen molar-refractivity contribution in [2.75, 3.05) is 4.90 Å². The van der Waals surface area contributed by atoms with Gasteiger partial charge in [0.05, 0.1) is 24.0 Å². The van der Waals surface area contributed by atoms with Crippen LogP contribution in [0.25, 0.3) is 0 Å². The molecule has 5 rings (SSSR count). The van der Waals surface area contributed by atoms with E-state index in [0.717, 1.165) is 16.8 Å². The Kier molecular flexibility index (Phi) is 7.85. The molecule has 12 nitrogen and oxygen atoms in total. The normalized spacial score (nSPS) is 19.2. The Morgan fingerprint density at radius 3 is 2.70 bits per heavy atom. The molecule has 0 saturated heterocycles. The van der Waals surface area contributed by atoms with Crippen molar-refractivity contribution in [1.82, 2.24) is 36.3 Å². The molecule has 40 heavy (non-hydrogen) atoms. The first-order valence-electron chi connectivity index (χ1n) is 13.4. The van der Waals surface area contributed by atoms with E-state index in [1.807, 2.05) is 32.0 Å². The molecule has 0 spiro atoms. The maximum Gasteiger partial charge on any atom is 0.253 e. The fraction of sp³-hybridized carbons (Fsp3) is 0.393. The van der Waals surface area contributed by atoms with Crippen molar-refractivity contribution in [3.8, 4) is 0 Å². The van der Waals surface area contributed by atoms with E-state index in [2.05, 4.69) is 36.3 Å². The molecule has 0 fully saturated rings. The van der Waals surface area contributed by atoms with Crippen molar-refractivity contribution in [2.24, 2.45) is 5.92 Å². The van der Waals surface area contributed by atoms with Crippen LogP contribution in [0.5, 0.6) is 0 Å². The van der Waals surface area contributed by atoms with Gasteiger partial charge in [-0.25, -0.2) is 0 Å². The number of carbonyl (C=O) groups excluding carboxylic acids is 4. The van der Waals surface area contributed by atoms with Gasteiger partial charge in [0, 0.05) is 18.8 Å². The summed E-state index contributed by atoms with van der Waals surface area (Å²) < 4.78 is 0. The highest BCUT2D eigenvalue weighted by Gasteiger charge is 2.44. The van der Waals surface area contributed by atoms with Crippen molar-refractivity contribution in [3.05, 3.63) is 71.3 Å². The minimum absolute atomic E-state index is 0.171. The van der Waals surface area contributed by atoms with Crippen LogP contribution < -0.4 is 20.9 Å². The molecule has 0 saturated carbocycles. The van der Waals surface area contributed by atoms with Crippen LogP contribution in [0, 0.1) is 5.92 Å². The summed E-state index contributed by atoms with van der Waals surface area (Å²) in [6, 6.07) is 6.61. The van der Waals surface area contributed by atoms with Gasteiger partial charge < -0.3 is 16.0 Å². The molecule has 4 amide bonds. The first-order valence-corrected chi connectivity index (χ1v) is 13.4. The number of pyridine rings is 1. The maximum atomic E-state index is 14.0. The van der Waals surface area contributed by atoms with Gasteiger partial charge in [0.1, 0.15) is 23.8 Å². The van der Waals surface area contributed by atoms with Gasteiger partial charge in [0.25, 0.3) is 5.91 Å². The minimum atomic E-state index is -0.862. The van der Waals surface area contributed by atoms with Gasteiger partial charge in [-0.15, -0.1) is 0 Å². The number of nitrogens with one attached hydrogen (secondary N) is 4. The quantitative estimate of drug-likeness (QED) is 0.313. The first kappa shape index (κ1) is 27.0. The molecular formula is C28H32N8O4. The summed E-state index contributed by atoms with van der Waals surface area (Å²) in [4.78, 5) is 59.2. The zero-order valence-electron chi connectivity index (χ0n) is 22.4. The third-order valence-electron chi connectivity index (χ3n) is 7.64. The SMILES string of the molecule is CC[C@H](C)[C@H](NC(=O)c1cccnc1)C(=O)N[C@H]1CCc2cccc3c2N(C1=O)[C@H](C(=O)NCc1cn[nH]n1)C3. The number of nitrogens with zero attached hydrogens (tertiary/aromatic N) is 4. The van der Waals surface area contributed by atoms with Crippen LogP contribution in [0.4, 0.5) is 5.69 Å². The van der Waals surface area contributed by atoms with E-state index in [4.69, 9.17) is 0 Å². The van der Waals surface area contributed by atoms with Gasteiger partial charge in [-0.2, -0.15) is 15.4 Å². The number of carbonyl (C=O) groups is 4. The van der Waals surface area contributed by atoms with E-state index < -0.39 is 29.9 Å². The van der Waals surface area contributed by atoms with E-state index in [-0.39, 0.29) is 24.3 Å². The number of anilines is 1. The van der Waals surface area contributed by atoms with E-state index in [1.165, 1.54) is 17.3 Å². The van der Waals surface area contributed by atoms with Crippen LogP contribution in [0.3, 0.4) is 0 Å². The molecule has 2 aromatic heterocycles. The highest BCUT2D eigenvalue weighted by Crippen LogP contribution is 2.39. The number of amides is 4.